The second-order valence-electron chi connectivity index (χ2n) is 7.67. The number of hydrazine groups is 1. The van der Waals surface area contributed by atoms with E-state index in [1.165, 1.54) is 11.5 Å². The van der Waals surface area contributed by atoms with Crippen molar-refractivity contribution in [1.29, 1.82) is 0 Å². The standard InChI is InChI=1S/C17H27BN4O3/c1-16(2)17(3,4)25-18(24-16)12-5-7-14(8-6-12)23-15-9-13(10-15)22(20)21-11-19/h5-8,11,13,15H,9-10,20H2,1-4H3,(H2,19,21). The minimum atomic E-state index is -0.355. The Labute approximate surface area is 149 Å². The summed E-state index contributed by atoms with van der Waals surface area (Å²) in [5.41, 5.74) is 5.55. The molecule has 4 N–H and O–H groups in total. The summed E-state index contributed by atoms with van der Waals surface area (Å²) < 4.78 is 18.1. The van der Waals surface area contributed by atoms with E-state index in [2.05, 4.69) is 5.10 Å². The predicted octanol–water partition coefficient (Wildman–Crippen LogP) is 0.973. The van der Waals surface area contributed by atoms with Gasteiger partial charge < -0.3 is 19.8 Å². The summed E-state index contributed by atoms with van der Waals surface area (Å²) in [5.74, 6) is 6.58. The summed E-state index contributed by atoms with van der Waals surface area (Å²) in [6, 6.07) is 8.05. The van der Waals surface area contributed by atoms with Crippen molar-refractivity contribution in [3.05, 3.63) is 24.3 Å². The van der Waals surface area contributed by atoms with E-state index in [4.69, 9.17) is 25.6 Å². The average molecular weight is 346 g/mol. The summed E-state index contributed by atoms with van der Waals surface area (Å²) in [6.45, 7) is 8.19. The molecule has 0 atom stereocenters. The Bertz CT molecular complexity index is 613. The fraction of sp³-hybridized carbons (Fsp3) is 0.588. The highest BCUT2D eigenvalue weighted by atomic mass is 16.7. The van der Waals surface area contributed by atoms with E-state index in [0.717, 1.165) is 24.1 Å². The van der Waals surface area contributed by atoms with Gasteiger partial charge in [0, 0.05) is 12.8 Å². The maximum atomic E-state index is 6.06. The van der Waals surface area contributed by atoms with Crippen molar-refractivity contribution in [3.63, 3.8) is 0 Å². The monoisotopic (exact) mass is 346 g/mol. The van der Waals surface area contributed by atoms with Crippen molar-refractivity contribution in [3.8, 4) is 5.75 Å². The molecule has 1 heterocycles. The third-order valence-corrected chi connectivity index (χ3v) is 5.35. The third-order valence-electron chi connectivity index (χ3n) is 5.35. The van der Waals surface area contributed by atoms with Gasteiger partial charge in [-0.1, -0.05) is 12.1 Å². The van der Waals surface area contributed by atoms with Gasteiger partial charge in [-0.15, -0.1) is 0 Å². The highest BCUT2D eigenvalue weighted by molar-refractivity contribution is 6.62. The van der Waals surface area contributed by atoms with Gasteiger partial charge in [-0.05, 0) is 45.3 Å². The lowest BCUT2D eigenvalue weighted by molar-refractivity contribution is 0.00578. The molecule has 8 heteroatoms. The van der Waals surface area contributed by atoms with Crippen molar-refractivity contribution in [2.24, 2.45) is 16.7 Å². The maximum Gasteiger partial charge on any atom is 0.494 e. The third kappa shape index (κ3) is 3.61. The Balaban J connectivity index is 1.54. The first-order valence-corrected chi connectivity index (χ1v) is 8.62. The van der Waals surface area contributed by atoms with Crippen LogP contribution in [0.25, 0.3) is 0 Å². The summed E-state index contributed by atoms with van der Waals surface area (Å²) in [7, 11) is -0.355. The Morgan fingerprint density at radius 2 is 1.72 bits per heavy atom. The highest BCUT2D eigenvalue weighted by Crippen LogP contribution is 2.36. The molecule has 2 fully saturated rings. The second kappa shape index (κ2) is 6.51. The molecule has 2 aliphatic rings. The van der Waals surface area contributed by atoms with Gasteiger partial charge in [0.05, 0.1) is 17.2 Å². The summed E-state index contributed by atoms with van der Waals surface area (Å²) >= 11 is 0. The smallest absolute Gasteiger partial charge is 0.490 e. The minimum Gasteiger partial charge on any atom is -0.490 e. The molecule has 1 saturated carbocycles. The first-order valence-electron chi connectivity index (χ1n) is 8.62. The Morgan fingerprint density at radius 3 is 2.24 bits per heavy atom. The molecular formula is C17H27BN4O3. The lowest BCUT2D eigenvalue weighted by atomic mass is 9.79. The average Bonchev–Trinajstić information content (AvgIpc) is 2.71. The zero-order valence-corrected chi connectivity index (χ0v) is 15.3. The summed E-state index contributed by atoms with van der Waals surface area (Å²) in [4.78, 5) is 0. The number of nitrogens with two attached hydrogens (primary N) is 2. The molecular weight excluding hydrogens is 319 g/mol. The number of rotatable bonds is 5. The second-order valence-corrected chi connectivity index (χ2v) is 7.67. The van der Waals surface area contributed by atoms with Crippen LogP contribution in [0, 0.1) is 0 Å². The van der Waals surface area contributed by atoms with Gasteiger partial charge in [0.15, 0.2) is 0 Å². The lowest BCUT2D eigenvalue weighted by Gasteiger charge is -2.38. The number of benzene rings is 1. The van der Waals surface area contributed by atoms with Crippen LogP contribution in [-0.4, -0.2) is 41.9 Å². The fourth-order valence-corrected chi connectivity index (χ4v) is 2.90. The first-order chi connectivity index (χ1) is 11.7. The number of hydrazone groups is 1. The number of hydrogen-bond acceptors (Lipinski definition) is 6. The molecule has 25 heavy (non-hydrogen) atoms. The lowest BCUT2D eigenvalue weighted by Crippen LogP contribution is -2.50. The van der Waals surface area contributed by atoms with E-state index in [0.29, 0.717) is 0 Å². The first kappa shape index (κ1) is 18.0. The molecule has 0 radical (unpaired) electrons. The molecule has 1 saturated heterocycles. The predicted molar refractivity (Wildman–Crippen MR) is 98.3 cm³/mol. The van der Waals surface area contributed by atoms with Gasteiger partial charge in [0.1, 0.15) is 18.2 Å². The SMILES string of the molecule is CC1(C)OB(c2ccc(OC3CC(N(N)/N=C\N)C3)cc2)OC1(C)C. The van der Waals surface area contributed by atoms with Gasteiger partial charge in [-0.25, -0.2) is 11.0 Å². The maximum absolute atomic E-state index is 6.06. The van der Waals surface area contributed by atoms with Crippen molar-refractivity contribution in [2.45, 2.75) is 63.9 Å². The van der Waals surface area contributed by atoms with Crippen LogP contribution in [0.3, 0.4) is 0 Å². The summed E-state index contributed by atoms with van der Waals surface area (Å²) in [5, 5.41) is 5.24. The van der Waals surface area contributed by atoms with E-state index in [1.807, 2.05) is 52.0 Å². The van der Waals surface area contributed by atoms with E-state index in [1.54, 1.807) is 0 Å². The van der Waals surface area contributed by atoms with E-state index in [9.17, 15) is 0 Å². The zero-order valence-electron chi connectivity index (χ0n) is 15.3. The summed E-state index contributed by atoms with van der Waals surface area (Å²) in [6.07, 6.45) is 2.99. The molecule has 0 spiro atoms. The molecule has 1 aliphatic heterocycles. The van der Waals surface area contributed by atoms with Crippen molar-refractivity contribution in [2.75, 3.05) is 0 Å². The van der Waals surface area contributed by atoms with Gasteiger partial charge in [0.25, 0.3) is 0 Å². The van der Waals surface area contributed by atoms with Crippen molar-refractivity contribution in [1.82, 2.24) is 5.12 Å². The molecule has 0 amide bonds. The van der Waals surface area contributed by atoms with Crippen LogP contribution in [0.2, 0.25) is 0 Å². The van der Waals surface area contributed by atoms with Gasteiger partial charge in [0.2, 0.25) is 0 Å². The molecule has 0 bridgehead atoms. The zero-order chi connectivity index (χ0) is 18.2. The van der Waals surface area contributed by atoms with Crippen LogP contribution in [0.1, 0.15) is 40.5 Å². The van der Waals surface area contributed by atoms with E-state index < -0.39 is 0 Å². The molecule has 0 unspecified atom stereocenters. The molecule has 1 aromatic carbocycles. The minimum absolute atomic E-state index is 0.145. The van der Waals surface area contributed by atoms with Gasteiger partial charge in [-0.2, -0.15) is 5.10 Å². The Hall–Kier alpha value is -1.77. The van der Waals surface area contributed by atoms with Crippen LogP contribution < -0.4 is 21.8 Å². The quantitative estimate of drug-likeness (QED) is 0.271. The molecule has 3 rings (SSSR count). The number of nitrogens with zero attached hydrogens (tertiary/aromatic N) is 2. The Kier molecular flexibility index (Phi) is 4.70. The topological polar surface area (TPSA) is 95.3 Å². The van der Waals surface area contributed by atoms with E-state index in [-0.39, 0.29) is 30.5 Å². The largest absolute Gasteiger partial charge is 0.494 e. The molecule has 0 aromatic heterocycles. The molecule has 1 aromatic rings. The normalized spacial score (nSPS) is 27.3. The van der Waals surface area contributed by atoms with Crippen molar-refractivity contribution >= 4 is 18.9 Å². The van der Waals surface area contributed by atoms with Crippen LogP contribution in [0.4, 0.5) is 0 Å². The Morgan fingerprint density at radius 1 is 1.16 bits per heavy atom. The molecule has 7 nitrogen and oxygen atoms in total. The van der Waals surface area contributed by atoms with Crippen LogP contribution in [0.15, 0.2) is 29.4 Å². The number of ether oxygens (including phenoxy) is 1. The van der Waals surface area contributed by atoms with Crippen LogP contribution >= 0.6 is 0 Å². The number of hydrogen-bond donors (Lipinski definition) is 2. The molecule has 1 aliphatic carbocycles. The van der Waals surface area contributed by atoms with Gasteiger partial charge >= 0.3 is 7.12 Å². The van der Waals surface area contributed by atoms with E-state index >= 15 is 0 Å². The highest BCUT2D eigenvalue weighted by Gasteiger charge is 2.51. The van der Waals surface area contributed by atoms with Crippen LogP contribution in [-0.2, 0) is 9.31 Å². The molecule has 136 valence electrons. The van der Waals surface area contributed by atoms with Crippen molar-refractivity contribution < 1.29 is 14.0 Å². The fourth-order valence-electron chi connectivity index (χ4n) is 2.90. The van der Waals surface area contributed by atoms with Crippen LogP contribution in [0.5, 0.6) is 5.75 Å². The van der Waals surface area contributed by atoms with Gasteiger partial charge in [-0.3, -0.25) is 0 Å².